The van der Waals surface area contributed by atoms with Gasteiger partial charge in [-0.25, -0.2) is 0 Å². The topological polar surface area (TPSA) is 77.8 Å². The maximum atomic E-state index is 12.3. The smallest absolute Gasteiger partial charge is 0.305 e. The third-order valence-corrected chi connectivity index (χ3v) is 3.71. The molecule has 0 aliphatic carbocycles. The molecule has 5 nitrogen and oxygen atoms in total. The molecule has 1 aromatic rings. The van der Waals surface area contributed by atoms with Crippen molar-refractivity contribution in [1.29, 1.82) is 0 Å². The number of carbonyl (C=O) groups excluding carboxylic acids is 1. The van der Waals surface area contributed by atoms with Gasteiger partial charge in [-0.2, -0.15) is 0 Å². The lowest BCUT2D eigenvalue weighted by Gasteiger charge is -2.27. The van der Waals surface area contributed by atoms with E-state index in [0.717, 1.165) is 0 Å². The van der Waals surface area contributed by atoms with Crippen molar-refractivity contribution in [3.8, 4) is 5.75 Å². The van der Waals surface area contributed by atoms with Gasteiger partial charge in [-0.1, -0.05) is 0 Å². The summed E-state index contributed by atoms with van der Waals surface area (Å²) in [7, 11) is 0. The highest BCUT2D eigenvalue weighted by Crippen LogP contribution is 2.22. The molecule has 0 bridgehead atoms. The first-order chi connectivity index (χ1) is 8.86. The molecule has 0 heterocycles. The van der Waals surface area contributed by atoms with Crippen molar-refractivity contribution >= 4 is 34.5 Å². The first kappa shape index (κ1) is 15.7. The van der Waals surface area contributed by atoms with Crippen LogP contribution in [0, 0.1) is 3.57 Å². The summed E-state index contributed by atoms with van der Waals surface area (Å²) in [5, 5.41) is 18.4. The number of nitrogens with zero attached hydrogens (tertiary/aromatic N) is 1. The largest absolute Gasteiger partial charge is 0.507 e. The summed E-state index contributed by atoms with van der Waals surface area (Å²) in [5.74, 6) is -1.17. The van der Waals surface area contributed by atoms with Crippen LogP contribution >= 0.6 is 22.6 Å². The molecule has 0 aliphatic rings. The summed E-state index contributed by atoms with van der Waals surface area (Å²) < 4.78 is 0.663. The summed E-state index contributed by atoms with van der Waals surface area (Å²) >= 11 is 1.97. The molecule has 1 atom stereocenters. The first-order valence-electron chi connectivity index (χ1n) is 5.88. The molecule has 2 N–H and O–H groups in total. The summed E-state index contributed by atoms with van der Waals surface area (Å²) in [4.78, 5) is 24.5. The Morgan fingerprint density at radius 3 is 2.53 bits per heavy atom. The molecule has 104 valence electrons. The maximum Gasteiger partial charge on any atom is 0.305 e. The quantitative estimate of drug-likeness (QED) is 0.773. The number of carboxylic acid groups (broad SMARTS) is 1. The molecular weight excluding hydrogens is 361 g/mol. The Morgan fingerprint density at radius 1 is 1.42 bits per heavy atom. The Morgan fingerprint density at radius 2 is 2.05 bits per heavy atom. The highest BCUT2D eigenvalue weighted by Gasteiger charge is 2.22. The van der Waals surface area contributed by atoms with Crippen molar-refractivity contribution in [3.05, 3.63) is 27.3 Å². The molecule has 0 spiro atoms. The number of aliphatic carboxylic acids is 1. The summed E-state index contributed by atoms with van der Waals surface area (Å²) in [6.07, 6.45) is -0.101. The highest BCUT2D eigenvalue weighted by atomic mass is 127. The van der Waals surface area contributed by atoms with Crippen molar-refractivity contribution in [2.75, 3.05) is 6.54 Å². The Kier molecular flexibility index (Phi) is 5.59. The molecule has 1 unspecified atom stereocenters. The van der Waals surface area contributed by atoms with Gasteiger partial charge in [0.15, 0.2) is 0 Å². The Hall–Kier alpha value is -1.31. The van der Waals surface area contributed by atoms with Crippen LogP contribution in [0.2, 0.25) is 0 Å². The molecule has 1 amide bonds. The van der Waals surface area contributed by atoms with Crippen LogP contribution in [0.4, 0.5) is 0 Å². The fourth-order valence-corrected chi connectivity index (χ4v) is 2.17. The van der Waals surface area contributed by atoms with Crippen LogP contribution < -0.4 is 0 Å². The average molecular weight is 377 g/mol. The van der Waals surface area contributed by atoms with Crippen molar-refractivity contribution < 1.29 is 19.8 Å². The van der Waals surface area contributed by atoms with Gasteiger partial charge < -0.3 is 15.1 Å². The van der Waals surface area contributed by atoms with Crippen molar-refractivity contribution in [2.24, 2.45) is 0 Å². The number of hydrogen-bond donors (Lipinski definition) is 2. The van der Waals surface area contributed by atoms with Crippen LogP contribution in [-0.2, 0) is 4.79 Å². The van der Waals surface area contributed by atoms with Gasteiger partial charge in [0.2, 0.25) is 0 Å². The van der Waals surface area contributed by atoms with E-state index in [4.69, 9.17) is 5.11 Å². The van der Waals surface area contributed by atoms with E-state index in [9.17, 15) is 14.7 Å². The summed E-state index contributed by atoms with van der Waals surface area (Å²) in [6, 6.07) is 4.29. The van der Waals surface area contributed by atoms with E-state index < -0.39 is 12.0 Å². The molecule has 0 saturated heterocycles. The number of hydrogen-bond acceptors (Lipinski definition) is 3. The zero-order valence-corrected chi connectivity index (χ0v) is 12.9. The van der Waals surface area contributed by atoms with Gasteiger partial charge in [0.05, 0.1) is 9.99 Å². The number of rotatable bonds is 5. The average Bonchev–Trinajstić information content (AvgIpc) is 2.32. The van der Waals surface area contributed by atoms with Crippen molar-refractivity contribution in [1.82, 2.24) is 4.90 Å². The normalized spacial score (nSPS) is 11.9. The molecule has 19 heavy (non-hydrogen) atoms. The second kappa shape index (κ2) is 6.74. The van der Waals surface area contributed by atoms with E-state index in [-0.39, 0.29) is 18.1 Å². The molecule has 6 heteroatoms. The van der Waals surface area contributed by atoms with Crippen LogP contribution in [0.25, 0.3) is 0 Å². The second-order valence-corrected chi connectivity index (χ2v) is 5.37. The van der Waals surface area contributed by atoms with E-state index in [1.807, 2.05) is 22.6 Å². The number of halogens is 1. The predicted molar refractivity (Wildman–Crippen MR) is 79.2 cm³/mol. The SMILES string of the molecule is CCN(C(=O)c1ccc(I)c(O)c1)C(C)CC(=O)O. The minimum atomic E-state index is -0.941. The number of carbonyl (C=O) groups is 2. The minimum Gasteiger partial charge on any atom is -0.507 e. The molecule has 0 aromatic heterocycles. The van der Waals surface area contributed by atoms with Gasteiger partial charge >= 0.3 is 5.97 Å². The number of amides is 1. The predicted octanol–water partition coefficient (Wildman–Crippen LogP) is 2.32. The number of phenolic OH excluding ortho intramolecular Hbond substituents is 1. The summed E-state index contributed by atoms with van der Waals surface area (Å²) in [5.41, 5.74) is 0.358. The van der Waals surface area contributed by atoms with Gasteiger partial charge in [0.1, 0.15) is 5.75 Å². The van der Waals surface area contributed by atoms with E-state index in [1.54, 1.807) is 26.0 Å². The molecule has 0 saturated carbocycles. The van der Waals surface area contributed by atoms with Gasteiger partial charge in [-0.05, 0) is 54.6 Å². The third kappa shape index (κ3) is 4.09. The third-order valence-electron chi connectivity index (χ3n) is 2.80. The number of carboxylic acids is 1. The fourth-order valence-electron chi connectivity index (χ4n) is 1.83. The summed E-state index contributed by atoms with van der Waals surface area (Å²) in [6.45, 7) is 3.91. The van der Waals surface area contributed by atoms with Crippen LogP contribution in [0.15, 0.2) is 18.2 Å². The lowest BCUT2D eigenvalue weighted by molar-refractivity contribution is -0.138. The highest BCUT2D eigenvalue weighted by molar-refractivity contribution is 14.1. The zero-order chi connectivity index (χ0) is 14.6. The van der Waals surface area contributed by atoms with Crippen LogP contribution in [0.5, 0.6) is 5.75 Å². The maximum absolute atomic E-state index is 12.3. The zero-order valence-electron chi connectivity index (χ0n) is 10.8. The Labute approximate surface area is 125 Å². The van der Waals surface area contributed by atoms with Gasteiger partial charge in [0, 0.05) is 18.2 Å². The van der Waals surface area contributed by atoms with Gasteiger partial charge in [-0.3, -0.25) is 9.59 Å². The number of phenols is 1. The lowest BCUT2D eigenvalue weighted by Crippen LogP contribution is -2.39. The molecule has 0 radical (unpaired) electrons. The van der Waals surface area contributed by atoms with E-state index >= 15 is 0 Å². The molecular formula is C13H16INO4. The standard InChI is InChI=1S/C13H16INO4/c1-3-15(8(2)6-12(17)18)13(19)9-4-5-10(14)11(16)7-9/h4-5,7-8,16H,3,6H2,1-2H3,(H,17,18). The lowest BCUT2D eigenvalue weighted by atomic mass is 10.1. The molecule has 1 rings (SSSR count). The number of benzene rings is 1. The van der Waals surface area contributed by atoms with E-state index in [1.165, 1.54) is 11.0 Å². The number of aromatic hydroxyl groups is 1. The van der Waals surface area contributed by atoms with Crippen molar-refractivity contribution in [3.63, 3.8) is 0 Å². The monoisotopic (exact) mass is 377 g/mol. The molecule has 0 fully saturated rings. The van der Waals surface area contributed by atoms with Crippen LogP contribution in [-0.4, -0.2) is 39.6 Å². The first-order valence-corrected chi connectivity index (χ1v) is 6.96. The minimum absolute atomic E-state index is 0.0494. The molecule has 0 aliphatic heterocycles. The second-order valence-electron chi connectivity index (χ2n) is 4.20. The van der Waals surface area contributed by atoms with Gasteiger partial charge in [0.25, 0.3) is 5.91 Å². The molecule has 1 aromatic carbocycles. The fraction of sp³-hybridized carbons (Fsp3) is 0.385. The van der Waals surface area contributed by atoms with E-state index in [0.29, 0.717) is 15.7 Å². The van der Waals surface area contributed by atoms with Crippen molar-refractivity contribution in [2.45, 2.75) is 26.3 Å². The Balaban J connectivity index is 2.94. The van der Waals surface area contributed by atoms with Gasteiger partial charge in [-0.15, -0.1) is 0 Å². The van der Waals surface area contributed by atoms with E-state index in [2.05, 4.69) is 0 Å². The Bertz CT molecular complexity index is 490. The van der Waals surface area contributed by atoms with Crippen LogP contribution in [0.3, 0.4) is 0 Å². The van der Waals surface area contributed by atoms with Crippen LogP contribution in [0.1, 0.15) is 30.6 Å².